The van der Waals surface area contributed by atoms with E-state index in [0.29, 0.717) is 11.9 Å². The number of hydrogen-bond donors (Lipinski definition) is 2. The van der Waals surface area contributed by atoms with Crippen LogP contribution in [0, 0.1) is 27.7 Å². The van der Waals surface area contributed by atoms with Crippen LogP contribution in [0.25, 0.3) is 0 Å². The summed E-state index contributed by atoms with van der Waals surface area (Å²) >= 11 is 0. The highest BCUT2D eigenvalue weighted by Gasteiger charge is 2.18. The van der Waals surface area contributed by atoms with Crippen LogP contribution in [0.5, 0.6) is 0 Å². The Morgan fingerprint density at radius 1 is 0.655 bits per heavy atom. The van der Waals surface area contributed by atoms with E-state index in [0.717, 1.165) is 30.4 Å². The second kappa shape index (κ2) is 8.07. The summed E-state index contributed by atoms with van der Waals surface area (Å²) in [6, 6.07) is 12.6. The van der Waals surface area contributed by atoms with Crippen LogP contribution in [0.15, 0.2) is 36.4 Å². The molecule has 0 spiro atoms. The third-order valence-electron chi connectivity index (χ3n) is 5.54. The number of rotatable bonds is 5. The molecular formula is C23H28N6. The van der Waals surface area contributed by atoms with Gasteiger partial charge in [-0.25, -0.2) is 0 Å². The van der Waals surface area contributed by atoms with Crippen LogP contribution in [0.2, 0.25) is 0 Å². The van der Waals surface area contributed by atoms with Crippen LogP contribution >= 0.6 is 0 Å². The number of anilines is 5. The summed E-state index contributed by atoms with van der Waals surface area (Å²) in [5, 5.41) is 6.71. The lowest BCUT2D eigenvalue weighted by atomic mass is 10.1. The predicted molar refractivity (Wildman–Crippen MR) is 120 cm³/mol. The van der Waals surface area contributed by atoms with Crippen molar-refractivity contribution >= 4 is 29.2 Å². The quantitative estimate of drug-likeness (QED) is 0.627. The Hall–Kier alpha value is -3.15. The normalized spacial score (nSPS) is 13.6. The fourth-order valence-electron chi connectivity index (χ4n) is 3.43. The Balaban J connectivity index is 1.66. The van der Waals surface area contributed by atoms with Gasteiger partial charge in [0.15, 0.2) is 0 Å². The van der Waals surface area contributed by atoms with Gasteiger partial charge in [-0.2, -0.15) is 15.0 Å². The molecule has 1 aliphatic rings. The van der Waals surface area contributed by atoms with E-state index in [-0.39, 0.29) is 0 Å². The van der Waals surface area contributed by atoms with Crippen molar-refractivity contribution < 1.29 is 0 Å². The van der Waals surface area contributed by atoms with Crippen LogP contribution in [0.1, 0.15) is 35.1 Å². The van der Waals surface area contributed by atoms with Gasteiger partial charge in [-0.15, -0.1) is 0 Å². The minimum Gasteiger partial charge on any atom is -0.341 e. The van der Waals surface area contributed by atoms with Crippen molar-refractivity contribution in [3.8, 4) is 0 Å². The van der Waals surface area contributed by atoms with E-state index in [1.165, 1.54) is 35.1 Å². The maximum absolute atomic E-state index is 4.69. The molecule has 0 radical (unpaired) electrons. The van der Waals surface area contributed by atoms with Gasteiger partial charge in [-0.05, 0) is 87.1 Å². The van der Waals surface area contributed by atoms with Gasteiger partial charge < -0.3 is 15.5 Å². The molecule has 2 N–H and O–H groups in total. The molecular weight excluding hydrogens is 360 g/mol. The first kappa shape index (κ1) is 19.2. The smallest absolute Gasteiger partial charge is 0.233 e. The van der Waals surface area contributed by atoms with Crippen molar-refractivity contribution in [2.45, 2.75) is 40.5 Å². The number of hydrogen-bond acceptors (Lipinski definition) is 6. The van der Waals surface area contributed by atoms with Crippen LogP contribution in [0.3, 0.4) is 0 Å². The highest BCUT2D eigenvalue weighted by molar-refractivity contribution is 5.61. The maximum atomic E-state index is 4.69. The second-order valence-corrected chi connectivity index (χ2v) is 7.82. The van der Waals surface area contributed by atoms with Gasteiger partial charge in [-0.3, -0.25) is 0 Å². The van der Waals surface area contributed by atoms with Gasteiger partial charge >= 0.3 is 0 Å². The summed E-state index contributed by atoms with van der Waals surface area (Å²) in [6.07, 6.45) is 2.34. The lowest BCUT2D eigenvalue weighted by molar-refractivity contribution is 0.886. The predicted octanol–water partition coefficient (Wildman–Crippen LogP) is 5.19. The van der Waals surface area contributed by atoms with Crippen LogP contribution in [-0.4, -0.2) is 28.0 Å². The van der Waals surface area contributed by atoms with Crippen molar-refractivity contribution in [2.75, 3.05) is 28.6 Å². The largest absolute Gasteiger partial charge is 0.341 e. The van der Waals surface area contributed by atoms with Crippen molar-refractivity contribution in [3.63, 3.8) is 0 Å². The van der Waals surface area contributed by atoms with Gasteiger partial charge in [0.1, 0.15) is 0 Å². The van der Waals surface area contributed by atoms with Gasteiger partial charge in [0.25, 0.3) is 0 Å². The molecule has 0 amide bonds. The zero-order valence-electron chi connectivity index (χ0n) is 17.6. The Labute approximate surface area is 172 Å². The van der Waals surface area contributed by atoms with E-state index in [4.69, 9.17) is 0 Å². The molecule has 0 bridgehead atoms. The first-order valence-electron chi connectivity index (χ1n) is 10.2. The molecule has 1 fully saturated rings. The van der Waals surface area contributed by atoms with Crippen molar-refractivity contribution in [3.05, 3.63) is 58.7 Å². The van der Waals surface area contributed by atoms with Crippen LogP contribution in [-0.2, 0) is 0 Å². The Bertz CT molecular complexity index is 952. The van der Waals surface area contributed by atoms with E-state index < -0.39 is 0 Å². The molecule has 4 rings (SSSR count). The zero-order valence-corrected chi connectivity index (χ0v) is 17.6. The Morgan fingerprint density at radius 2 is 1.14 bits per heavy atom. The van der Waals surface area contributed by atoms with E-state index in [1.807, 2.05) is 0 Å². The third-order valence-corrected chi connectivity index (χ3v) is 5.54. The highest BCUT2D eigenvalue weighted by atomic mass is 15.3. The molecule has 6 nitrogen and oxygen atoms in total. The van der Waals surface area contributed by atoms with E-state index in [9.17, 15) is 0 Å². The second-order valence-electron chi connectivity index (χ2n) is 7.82. The van der Waals surface area contributed by atoms with Crippen molar-refractivity contribution in [1.29, 1.82) is 0 Å². The van der Waals surface area contributed by atoms with E-state index in [1.54, 1.807) is 0 Å². The minimum absolute atomic E-state index is 0.552. The Kier molecular flexibility index (Phi) is 5.34. The summed E-state index contributed by atoms with van der Waals surface area (Å²) in [4.78, 5) is 16.2. The average Bonchev–Trinajstić information content (AvgIpc) is 3.22. The fourth-order valence-corrected chi connectivity index (χ4v) is 3.43. The molecule has 0 atom stereocenters. The molecule has 2 heterocycles. The molecule has 0 unspecified atom stereocenters. The number of nitrogens with zero attached hydrogens (tertiary/aromatic N) is 4. The number of aromatic nitrogens is 3. The first-order valence-corrected chi connectivity index (χ1v) is 10.2. The van der Waals surface area contributed by atoms with Crippen LogP contribution in [0.4, 0.5) is 29.2 Å². The van der Waals surface area contributed by atoms with E-state index in [2.05, 4.69) is 94.6 Å². The monoisotopic (exact) mass is 388 g/mol. The van der Waals surface area contributed by atoms with Gasteiger partial charge in [-0.1, -0.05) is 12.1 Å². The molecule has 1 saturated heterocycles. The lowest BCUT2D eigenvalue weighted by Gasteiger charge is -2.17. The number of benzene rings is 2. The third kappa shape index (κ3) is 4.47. The van der Waals surface area contributed by atoms with Crippen LogP contribution < -0.4 is 15.5 Å². The van der Waals surface area contributed by atoms with Crippen molar-refractivity contribution in [2.24, 2.45) is 0 Å². The van der Waals surface area contributed by atoms with E-state index >= 15 is 0 Å². The molecule has 1 aromatic heterocycles. The SMILES string of the molecule is Cc1ccc(Nc2nc(Nc3ccc(C)c(C)c3)nc(N3CCCC3)n2)cc1C. The number of nitrogens with one attached hydrogen (secondary N) is 2. The molecule has 29 heavy (non-hydrogen) atoms. The topological polar surface area (TPSA) is 66.0 Å². The summed E-state index contributed by atoms with van der Waals surface area (Å²) < 4.78 is 0. The zero-order chi connectivity index (χ0) is 20.4. The molecule has 0 aliphatic carbocycles. The average molecular weight is 389 g/mol. The highest BCUT2D eigenvalue weighted by Crippen LogP contribution is 2.24. The van der Waals surface area contributed by atoms with Crippen molar-refractivity contribution in [1.82, 2.24) is 15.0 Å². The molecule has 1 aliphatic heterocycles. The molecule has 150 valence electrons. The summed E-state index contributed by atoms with van der Waals surface area (Å²) in [7, 11) is 0. The molecule has 6 heteroatoms. The van der Waals surface area contributed by atoms with Gasteiger partial charge in [0.05, 0.1) is 0 Å². The molecule has 0 saturated carbocycles. The Morgan fingerprint density at radius 3 is 1.59 bits per heavy atom. The maximum Gasteiger partial charge on any atom is 0.233 e. The fraction of sp³-hybridized carbons (Fsp3) is 0.348. The van der Waals surface area contributed by atoms with Gasteiger partial charge in [0, 0.05) is 24.5 Å². The summed E-state index contributed by atoms with van der Waals surface area (Å²) in [6.45, 7) is 10.4. The summed E-state index contributed by atoms with van der Waals surface area (Å²) in [5.41, 5.74) is 6.95. The first-order chi connectivity index (χ1) is 14.0. The molecule has 3 aromatic rings. The minimum atomic E-state index is 0.552. The summed E-state index contributed by atoms with van der Waals surface area (Å²) in [5.74, 6) is 1.82. The standard InChI is InChI=1S/C23H28N6/c1-15-7-9-19(13-17(15)3)24-21-26-22(25-20-10-8-16(2)18(4)14-20)28-23(27-21)29-11-5-6-12-29/h7-10,13-14H,5-6,11-12H2,1-4H3,(H2,24,25,26,27,28). The van der Waals surface area contributed by atoms with Gasteiger partial charge in [0.2, 0.25) is 17.8 Å². The lowest BCUT2D eigenvalue weighted by Crippen LogP contribution is -2.21. The molecule has 2 aromatic carbocycles. The number of aryl methyl sites for hydroxylation is 4.